The van der Waals surface area contributed by atoms with E-state index < -0.39 is 5.91 Å². The lowest BCUT2D eigenvalue weighted by atomic mass is 10.0. The van der Waals surface area contributed by atoms with Crippen LogP contribution in [0.3, 0.4) is 0 Å². The Labute approximate surface area is 138 Å². The number of ether oxygens (including phenoxy) is 1. The van der Waals surface area contributed by atoms with Crippen LogP contribution in [-0.2, 0) is 4.79 Å². The number of hydrogen-bond acceptors (Lipinski definition) is 5. The lowest BCUT2D eigenvalue weighted by Gasteiger charge is -2.14. The Hall–Kier alpha value is -2.41. The molecule has 7 heteroatoms. The highest BCUT2D eigenvalue weighted by molar-refractivity contribution is 7.17. The largest absolute Gasteiger partial charge is 0.483 e. The van der Waals surface area contributed by atoms with Gasteiger partial charge in [-0.25, -0.2) is 4.98 Å². The van der Waals surface area contributed by atoms with Crippen molar-refractivity contribution in [1.82, 2.24) is 4.98 Å². The average molecular weight is 333 g/mol. The van der Waals surface area contributed by atoms with Crippen LogP contribution in [0.4, 0.5) is 5.13 Å². The molecule has 0 atom stereocenters. The van der Waals surface area contributed by atoms with E-state index in [1.165, 1.54) is 6.20 Å². The predicted molar refractivity (Wildman–Crippen MR) is 90.0 cm³/mol. The summed E-state index contributed by atoms with van der Waals surface area (Å²) < 4.78 is 5.64. The molecule has 0 unspecified atom stereocenters. The number of primary amides is 1. The molecule has 1 aromatic heterocycles. The van der Waals surface area contributed by atoms with E-state index in [1.54, 1.807) is 0 Å². The van der Waals surface area contributed by atoms with Crippen molar-refractivity contribution in [1.29, 1.82) is 0 Å². The van der Waals surface area contributed by atoms with Gasteiger partial charge in [0, 0.05) is 0 Å². The molecule has 2 aromatic rings. The van der Waals surface area contributed by atoms with Crippen LogP contribution in [0.15, 0.2) is 24.4 Å². The second kappa shape index (κ2) is 7.23. The number of benzene rings is 1. The fourth-order valence-electron chi connectivity index (χ4n) is 1.99. The first-order valence-corrected chi connectivity index (χ1v) is 7.97. The molecule has 0 aliphatic rings. The van der Waals surface area contributed by atoms with Crippen LogP contribution in [0, 0.1) is 6.92 Å². The summed E-state index contributed by atoms with van der Waals surface area (Å²) in [6.07, 6.45) is 1.33. The zero-order valence-electron chi connectivity index (χ0n) is 13.3. The molecular formula is C16H19N3O3S. The molecule has 2 rings (SSSR count). The maximum atomic E-state index is 11.9. The van der Waals surface area contributed by atoms with Gasteiger partial charge >= 0.3 is 0 Å². The molecule has 0 radical (unpaired) electrons. The number of rotatable bonds is 6. The number of amides is 2. The zero-order valence-corrected chi connectivity index (χ0v) is 14.1. The van der Waals surface area contributed by atoms with E-state index in [9.17, 15) is 9.59 Å². The first kappa shape index (κ1) is 17.0. The quantitative estimate of drug-likeness (QED) is 0.850. The van der Waals surface area contributed by atoms with E-state index in [0.29, 0.717) is 21.7 Å². The Morgan fingerprint density at radius 1 is 1.39 bits per heavy atom. The Balaban J connectivity index is 1.99. The third-order valence-corrected chi connectivity index (χ3v) is 4.07. The summed E-state index contributed by atoms with van der Waals surface area (Å²) in [4.78, 5) is 27.2. The number of thiazole rings is 1. The Kier molecular flexibility index (Phi) is 5.33. The van der Waals surface area contributed by atoms with Gasteiger partial charge < -0.3 is 10.5 Å². The monoisotopic (exact) mass is 333 g/mol. The normalized spacial score (nSPS) is 10.6. The molecule has 1 aromatic carbocycles. The van der Waals surface area contributed by atoms with Gasteiger partial charge in [-0.15, -0.1) is 0 Å². The molecular weight excluding hydrogens is 314 g/mol. The van der Waals surface area contributed by atoms with Gasteiger partial charge in [-0.3, -0.25) is 14.9 Å². The Morgan fingerprint density at radius 2 is 2.13 bits per heavy atom. The molecule has 0 aliphatic heterocycles. The molecule has 0 fully saturated rings. The minimum atomic E-state index is -0.569. The number of nitrogens with one attached hydrogen (secondary N) is 1. The van der Waals surface area contributed by atoms with Crippen LogP contribution in [0.2, 0.25) is 0 Å². The van der Waals surface area contributed by atoms with Gasteiger partial charge in [0.05, 0.1) is 6.20 Å². The smallest absolute Gasteiger partial charge is 0.264 e. The molecule has 0 bridgehead atoms. The maximum absolute atomic E-state index is 11.9. The Morgan fingerprint density at radius 3 is 2.74 bits per heavy atom. The summed E-state index contributed by atoms with van der Waals surface area (Å²) in [5.74, 6) is 0.0880. The second-order valence-electron chi connectivity index (χ2n) is 5.43. The van der Waals surface area contributed by atoms with Crippen LogP contribution in [0.1, 0.15) is 40.6 Å². The van der Waals surface area contributed by atoms with Crippen molar-refractivity contribution in [3.8, 4) is 5.75 Å². The van der Waals surface area contributed by atoms with Gasteiger partial charge in [0.25, 0.3) is 11.8 Å². The first-order valence-electron chi connectivity index (χ1n) is 7.15. The maximum Gasteiger partial charge on any atom is 0.264 e. The minimum Gasteiger partial charge on any atom is -0.483 e. The minimum absolute atomic E-state index is 0.130. The van der Waals surface area contributed by atoms with Crippen molar-refractivity contribution in [2.75, 3.05) is 11.9 Å². The highest BCUT2D eigenvalue weighted by Gasteiger charge is 2.12. The topological polar surface area (TPSA) is 94.3 Å². The number of aromatic nitrogens is 1. The summed E-state index contributed by atoms with van der Waals surface area (Å²) in [5.41, 5.74) is 7.26. The van der Waals surface area contributed by atoms with Gasteiger partial charge in [0.15, 0.2) is 11.7 Å². The number of aryl methyl sites for hydroxylation is 1. The van der Waals surface area contributed by atoms with Crippen molar-refractivity contribution >= 4 is 28.3 Å². The summed E-state index contributed by atoms with van der Waals surface area (Å²) >= 11 is 1.03. The molecule has 0 spiro atoms. The molecule has 0 aliphatic carbocycles. The predicted octanol–water partition coefficient (Wildman–Crippen LogP) is 2.69. The molecule has 122 valence electrons. The third-order valence-electron chi connectivity index (χ3n) is 3.14. The third kappa shape index (κ3) is 4.53. The van der Waals surface area contributed by atoms with E-state index in [0.717, 1.165) is 22.5 Å². The molecule has 0 saturated carbocycles. The molecule has 2 amide bonds. The Bertz CT molecular complexity index is 725. The van der Waals surface area contributed by atoms with Crippen molar-refractivity contribution in [3.63, 3.8) is 0 Å². The van der Waals surface area contributed by atoms with Crippen molar-refractivity contribution in [2.24, 2.45) is 5.73 Å². The number of hydrogen-bond donors (Lipinski definition) is 2. The van der Waals surface area contributed by atoms with Gasteiger partial charge in [0.2, 0.25) is 0 Å². The lowest BCUT2D eigenvalue weighted by Crippen LogP contribution is -2.20. The highest BCUT2D eigenvalue weighted by Crippen LogP contribution is 2.27. The molecule has 0 saturated heterocycles. The van der Waals surface area contributed by atoms with E-state index in [2.05, 4.69) is 24.1 Å². The van der Waals surface area contributed by atoms with E-state index >= 15 is 0 Å². The summed E-state index contributed by atoms with van der Waals surface area (Å²) in [5, 5.41) is 2.91. The van der Waals surface area contributed by atoms with Crippen LogP contribution in [-0.4, -0.2) is 23.4 Å². The number of anilines is 1. The van der Waals surface area contributed by atoms with Crippen LogP contribution in [0.5, 0.6) is 5.75 Å². The fourth-order valence-corrected chi connectivity index (χ4v) is 2.67. The second-order valence-corrected chi connectivity index (χ2v) is 6.46. The average Bonchev–Trinajstić information content (AvgIpc) is 2.93. The van der Waals surface area contributed by atoms with Crippen molar-refractivity contribution in [2.45, 2.75) is 26.7 Å². The fraction of sp³-hybridized carbons (Fsp3) is 0.312. The van der Waals surface area contributed by atoms with Crippen molar-refractivity contribution in [3.05, 3.63) is 40.4 Å². The highest BCUT2D eigenvalue weighted by atomic mass is 32.1. The summed E-state index contributed by atoms with van der Waals surface area (Å²) in [6.45, 7) is 5.98. The molecule has 1 heterocycles. The molecule has 3 N–H and O–H groups in total. The van der Waals surface area contributed by atoms with Crippen molar-refractivity contribution < 1.29 is 14.3 Å². The van der Waals surface area contributed by atoms with Crippen LogP contribution in [0.25, 0.3) is 0 Å². The SMILES string of the molecule is Cc1ccc(C(C)C)c(OCC(=O)Nc2ncc(C(N)=O)s2)c1. The van der Waals surface area contributed by atoms with E-state index in [-0.39, 0.29) is 12.5 Å². The van der Waals surface area contributed by atoms with Gasteiger partial charge in [-0.2, -0.15) is 0 Å². The number of carbonyl (C=O) groups excluding carboxylic acids is 2. The lowest BCUT2D eigenvalue weighted by molar-refractivity contribution is -0.118. The van der Waals surface area contributed by atoms with E-state index in [4.69, 9.17) is 10.5 Å². The molecule has 23 heavy (non-hydrogen) atoms. The van der Waals surface area contributed by atoms with E-state index in [1.807, 2.05) is 25.1 Å². The molecule has 6 nitrogen and oxygen atoms in total. The number of nitrogens with zero attached hydrogens (tertiary/aromatic N) is 1. The zero-order chi connectivity index (χ0) is 17.0. The number of nitrogens with two attached hydrogens (primary N) is 1. The van der Waals surface area contributed by atoms with Gasteiger partial charge in [-0.05, 0) is 30.0 Å². The van der Waals surface area contributed by atoms with Gasteiger partial charge in [-0.1, -0.05) is 37.3 Å². The summed E-state index contributed by atoms with van der Waals surface area (Å²) in [6, 6.07) is 5.94. The van der Waals surface area contributed by atoms with Crippen LogP contribution >= 0.6 is 11.3 Å². The first-order chi connectivity index (χ1) is 10.9. The standard InChI is InChI=1S/C16H19N3O3S/c1-9(2)11-5-4-10(3)6-12(11)22-8-14(20)19-16-18-7-13(23-16)15(17)21/h4-7,9H,8H2,1-3H3,(H2,17,21)(H,18,19,20). The van der Waals surface area contributed by atoms with Gasteiger partial charge in [0.1, 0.15) is 10.6 Å². The summed E-state index contributed by atoms with van der Waals surface area (Å²) in [7, 11) is 0. The van der Waals surface area contributed by atoms with Crippen LogP contribution < -0.4 is 15.8 Å². The number of carbonyl (C=O) groups is 2.